The first-order valence-electron chi connectivity index (χ1n) is 6.37. The van der Waals surface area contributed by atoms with E-state index in [0.29, 0.717) is 6.42 Å². The lowest BCUT2D eigenvalue weighted by atomic mass is 9.99. The van der Waals surface area contributed by atoms with Gasteiger partial charge in [0.15, 0.2) is 11.3 Å². The molecule has 1 rings (SSSR count). The van der Waals surface area contributed by atoms with E-state index in [9.17, 15) is 15.0 Å². The van der Waals surface area contributed by atoms with Crippen LogP contribution in [0.1, 0.15) is 27.2 Å². The maximum atomic E-state index is 11.1. The molecule has 1 heterocycles. The number of aliphatic hydroxyl groups is 3. The van der Waals surface area contributed by atoms with E-state index in [1.54, 1.807) is 0 Å². The highest BCUT2D eigenvalue weighted by Gasteiger charge is 2.42. The van der Waals surface area contributed by atoms with E-state index in [4.69, 9.17) is 22.1 Å². The van der Waals surface area contributed by atoms with Crippen LogP contribution in [0.3, 0.4) is 0 Å². The first-order chi connectivity index (χ1) is 9.16. The van der Waals surface area contributed by atoms with Crippen molar-refractivity contribution >= 4 is 23.1 Å². The summed E-state index contributed by atoms with van der Waals surface area (Å²) in [5.41, 5.74) is -0.533. The number of carbonyl (C=O) groups excluding carboxylic acids is 1. The van der Waals surface area contributed by atoms with Gasteiger partial charge in [-0.3, -0.25) is 4.79 Å². The minimum Gasteiger partial charge on any atom is -0.394 e. The second-order valence-corrected chi connectivity index (χ2v) is 6.03. The Morgan fingerprint density at radius 1 is 1.35 bits per heavy atom. The number of hydrogen-bond donors (Lipinski definition) is 5. The van der Waals surface area contributed by atoms with Crippen LogP contribution in [0.5, 0.6) is 0 Å². The van der Waals surface area contributed by atoms with Crippen molar-refractivity contribution in [2.75, 3.05) is 6.61 Å². The second kappa shape index (κ2) is 6.77. The molecule has 116 valence electrons. The summed E-state index contributed by atoms with van der Waals surface area (Å²) in [7, 11) is 0. The number of thiocarbonyl (C=S) groups is 1. The summed E-state index contributed by atoms with van der Waals surface area (Å²) in [6.45, 7) is 4.73. The first-order valence-corrected chi connectivity index (χ1v) is 6.77. The number of hydrogen-bond acceptors (Lipinski definition) is 6. The molecule has 7 nitrogen and oxygen atoms in total. The molecule has 1 fully saturated rings. The fourth-order valence-corrected chi connectivity index (χ4v) is 2.55. The number of rotatable bonds is 5. The topological polar surface area (TPSA) is 111 Å². The van der Waals surface area contributed by atoms with Crippen molar-refractivity contribution in [3.63, 3.8) is 0 Å². The van der Waals surface area contributed by atoms with Gasteiger partial charge in [0.25, 0.3) is 0 Å². The zero-order valence-corrected chi connectivity index (χ0v) is 12.6. The van der Waals surface area contributed by atoms with Crippen LogP contribution in [-0.2, 0) is 9.53 Å². The Morgan fingerprint density at radius 2 is 1.95 bits per heavy atom. The van der Waals surface area contributed by atoms with E-state index in [2.05, 4.69) is 10.6 Å². The van der Waals surface area contributed by atoms with Gasteiger partial charge in [0.2, 0.25) is 0 Å². The van der Waals surface area contributed by atoms with Gasteiger partial charge < -0.3 is 30.7 Å². The third kappa shape index (κ3) is 4.64. The van der Waals surface area contributed by atoms with Crippen LogP contribution in [0, 0.1) is 0 Å². The van der Waals surface area contributed by atoms with Crippen molar-refractivity contribution in [2.45, 2.75) is 57.3 Å². The van der Waals surface area contributed by atoms with Crippen LogP contribution in [0.4, 0.5) is 0 Å². The second-order valence-electron chi connectivity index (χ2n) is 5.62. The molecule has 0 radical (unpaired) electrons. The van der Waals surface area contributed by atoms with Gasteiger partial charge in [-0.1, -0.05) is 0 Å². The van der Waals surface area contributed by atoms with E-state index in [-0.39, 0.29) is 10.9 Å². The van der Waals surface area contributed by atoms with Crippen LogP contribution < -0.4 is 10.6 Å². The summed E-state index contributed by atoms with van der Waals surface area (Å²) in [6.07, 6.45) is -3.83. The zero-order chi connectivity index (χ0) is 15.5. The summed E-state index contributed by atoms with van der Waals surface area (Å²) < 4.78 is 5.25. The predicted octanol–water partition coefficient (Wildman–Crippen LogP) is -1.35. The third-order valence-electron chi connectivity index (χ3n) is 2.96. The number of aliphatic hydroxyl groups excluding tert-OH is 3. The van der Waals surface area contributed by atoms with Crippen molar-refractivity contribution in [3.8, 4) is 0 Å². The quantitative estimate of drug-likeness (QED) is 0.396. The molecule has 0 spiro atoms. The minimum atomic E-state index is -1.19. The molecule has 0 aromatic heterocycles. The average molecular weight is 306 g/mol. The lowest BCUT2D eigenvalue weighted by Crippen LogP contribution is -2.53. The predicted molar refractivity (Wildman–Crippen MR) is 76.0 cm³/mol. The standard InChI is InChI=1S/C12H22N2O5S/c1-6(16)4-12(2,3)14-11(20)13-10-9(18)8(17)7(5-15)19-10/h7-10,15,17-18H,4-5H2,1-3H3,(H2,13,14,20)/t7-,8+,9-,10-/m1/s1. The molecule has 0 unspecified atom stereocenters. The molecule has 0 aliphatic carbocycles. The summed E-state index contributed by atoms with van der Waals surface area (Å²) in [5, 5.41) is 34.2. The number of nitrogens with one attached hydrogen (secondary N) is 2. The van der Waals surface area contributed by atoms with Gasteiger partial charge in [-0.25, -0.2) is 0 Å². The Bertz CT molecular complexity index is 377. The molecule has 5 N–H and O–H groups in total. The van der Waals surface area contributed by atoms with Crippen molar-refractivity contribution in [1.29, 1.82) is 0 Å². The molecule has 20 heavy (non-hydrogen) atoms. The fraction of sp³-hybridized carbons (Fsp3) is 0.833. The molecule has 8 heteroatoms. The molecule has 0 aromatic rings. The summed E-state index contributed by atoms with van der Waals surface area (Å²) in [5.74, 6) is 0.0261. The molecular weight excluding hydrogens is 284 g/mol. The Kier molecular flexibility index (Phi) is 5.84. The summed E-state index contributed by atoms with van der Waals surface area (Å²) in [6, 6.07) is 0. The average Bonchev–Trinajstić information content (AvgIpc) is 2.54. The number of ether oxygens (including phenoxy) is 1. The van der Waals surface area contributed by atoms with Gasteiger partial charge >= 0.3 is 0 Å². The van der Waals surface area contributed by atoms with E-state index < -0.39 is 36.7 Å². The highest BCUT2D eigenvalue weighted by atomic mass is 32.1. The first kappa shape index (κ1) is 17.3. The van der Waals surface area contributed by atoms with Crippen molar-refractivity contribution in [2.24, 2.45) is 0 Å². The van der Waals surface area contributed by atoms with Crippen molar-refractivity contribution in [1.82, 2.24) is 10.6 Å². The van der Waals surface area contributed by atoms with Crippen LogP contribution >= 0.6 is 12.2 Å². The molecule has 0 bridgehead atoms. The SMILES string of the molecule is CC(=O)CC(C)(C)NC(=S)N[C@@H]1O[C@H](CO)[C@H](O)[C@H]1O. The fourth-order valence-electron chi connectivity index (χ4n) is 2.16. The Balaban J connectivity index is 2.53. The Hall–Kier alpha value is -0.800. The molecule has 0 amide bonds. The van der Waals surface area contributed by atoms with Gasteiger partial charge in [-0.15, -0.1) is 0 Å². The van der Waals surface area contributed by atoms with Crippen LogP contribution in [0.25, 0.3) is 0 Å². The molecule has 1 aliphatic rings. The molecule has 0 saturated carbocycles. The number of carbonyl (C=O) groups is 1. The highest BCUT2D eigenvalue weighted by molar-refractivity contribution is 7.80. The van der Waals surface area contributed by atoms with E-state index >= 15 is 0 Å². The van der Waals surface area contributed by atoms with E-state index in [0.717, 1.165) is 0 Å². The molecule has 0 aromatic carbocycles. The normalized spacial score (nSPS) is 30.1. The van der Waals surface area contributed by atoms with Gasteiger partial charge in [-0.2, -0.15) is 0 Å². The van der Waals surface area contributed by atoms with Crippen LogP contribution in [-0.4, -0.2) is 62.9 Å². The number of Topliss-reactive ketones (excluding diaryl/α,β-unsaturated/α-hetero) is 1. The van der Waals surface area contributed by atoms with E-state index in [1.165, 1.54) is 6.92 Å². The van der Waals surface area contributed by atoms with Gasteiger partial charge in [0.05, 0.1) is 6.61 Å². The summed E-state index contributed by atoms with van der Waals surface area (Å²) in [4.78, 5) is 11.1. The van der Waals surface area contributed by atoms with Gasteiger partial charge in [0, 0.05) is 12.0 Å². The lowest BCUT2D eigenvalue weighted by Gasteiger charge is -2.28. The van der Waals surface area contributed by atoms with Gasteiger partial charge in [-0.05, 0) is 33.0 Å². The zero-order valence-electron chi connectivity index (χ0n) is 11.8. The van der Waals surface area contributed by atoms with Gasteiger partial charge in [0.1, 0.15) is 24.1 Å². The van der Waals surface area contributed by atoms with Crippen molar-refractivity contribution < 1.29 is 24.9 Å². The molecule has 1 saturated heterocycles. The monoisotopic (exact) mass is 306 g/mol. The molecule has 1 aliphatic heterocycles. The molecular formula is C12H22N2O5S. The molecule has 4 atom stereocenters. The van der Waals surface area contributed by atoms with Crippen LogP contribution in [0.2, 0.25) is 0 Å². The number of ketones is 1. The lowest BCUT2D eigenvalue weighted by molar-refractivity contribution is -0.118. The summed E-state index contributed by atoms with van der Waals surface area (Å²) >= 11 is 5.09. The maximum Gasteiger partial charge on any atom is 0.168 e. The minimum absolute atomic E-state index is 0.0261. The van der Waals surface area contributed by atoms with Crippen molar-refractivity contribution in [3.05, 3.63) is 0 Å². The maximum absolute atomic E-state index is 11.1. The largest absolute Gasteiger partial charge is 0.394 e. The third-order valence-corrected chi connectivity index (χ3v) is 3.18. The van der Waals surface area contributed by atoms with Crippen LogP contribution in [0.15, 0.2) is 0 Å². The Labute approximate surface area is 123 Å². The van der Waals surface area contributed by atoms with E-state index in [1.807, 2.05) is 13.8 Å². The highest BCUT2D eigenvalue weighted by Crippen LogP contribution is 2.19. The smallest absolute Gasteiger partial charge is 0.168 e. The Morgan fingerprint density at radius 3 is 2.40 bits per heavy atom.